The lowest BCUT2D eigenvalue weighted by Crippen LogP contribution is -2.13. The summed E-state index contributed by atoms with van der Waals surface area (Å²) in [4.78, 5) is 25.3. The van der Waals surface area contributed by atoms with Crippen molar-refractivity contribution in [1.82, 2.24) is 0 Å². The molecule has 1 aromatic heterocycles. The van der Waals surface area contributed by atoms with Gasteiger partial charge >= 0.3 is 5.97 Å². The molecule has 1 atom stereocenters. The number of carbonyl (C=O) groups excluding carboxylic acids is 1. The minimum absolute atomic E-state index is 0.00514. The van der Waals surface area contributed by atoms with Crippen molar-refractivity contribution in [3.63, 3.8) is 0 Å². The van der Waals surface area contributed by atoms with E-state index in [1.807, 2.05) is 0 Å². The Hall–Kier alpha value is -4.27. The molecule has 2 N–H and O–H groups in total. The highest BCUT2D eigenvalue weighted by Crippen LogP contribution is 2.40. The second-order valence-corrected chi connectivity index (χ2v) is 7.53. The van der Waals surface area contributed by atoms with Crippen molar-refractivity contribution in [3.05, 3.63) is 93.6 Å². The minimum Gasteiger partial charge on any atom is -0.508 e. The largest absolute Gasteiger partial charge is 0.508 e. The zero-order chi connectivity index (χ0) is 24.6. The summed E-state index contributed by atoms with van der Waals surface area (Å²) in [6.07, 6.45) is 0.651. The van der Waals surface area contributed by atoms with Crippen LogP contribution in [0.5, 0.6) is 11.5 Å². The van der Waals surface area contributed by atoms with Crippen molar-refractivity contribution in [2.24, 2.45) is 0 Å². The van der Waals surface area contributed by atoms with Gasteiger partial charge in [-0.1, -0.05) is 12.1 Å². The molecule has 0 saturated carbocycles. The van der Waals surface area contributed by atoms with Crippen molar-refractivity contribution < 1.29 is 37.3 Å². The maximum absolute atomic E-state index is 14.0. The van der Waals surface area contributed by atoms with Crippen molar-refractivity contribution in [1.29, 1.82) is 0 Å². The lowest BCUT2D eigenvalue weighted by atomic mass is 9.86. The first-order chi connectivity index (χ1) is 16.2. The molecule has 0 amide bonds. The molecule has 6 nitrogen and oxygen atoms in total. The fraction of sp³-hybridized carbons (Fsp3) is 0.120. The number of benzene rings is 3. The lowest BCUT2D eigenvalue weighted by Gasteiger charge is -2.20. The van der Waals surface area contributed by atoms with Crippen LogP contribution in [0.3, 0.4) is 0 Å². The van der Waals surface area contributed by atoms with E-state index >= 15 is 0 Å². The highest BCUT2D eigenvalue weighted by atomic mass is 19.2. The summed E-state index contributed by atoms with van der Waals surface area (Å²) in [5.74, 6) is -7.08. The normalized spacial score (nSPS) is 12.0. The maximum Gasteiger partial charge on any atom is 0.306 e. The number of aromatic hydroxyl groups is 2. The average molecular weight is 470 g/mol. The second kappa shape index (κ2) is 8.93. The van der Waals surface area contributed by atoms with E-state index in [2.05, 4.69) is 4.74 Å². The van der Waals surface area contributed by atoms with Crippen LogP contribution in [0.25, 0.3) is 22.1 Å². The molecule has 0 saturated heterocycles. The number of phenols is 2. The predicted molar refractivity (Wildman–Crippen MR) is 116 cm³/mol. The monoisotopic (exact) mass is 470 g/mol. The topological polar surface area (TPSA) is 97.0 Å². The van der Waals surface area contributed by atoms with E-state index in [1.54, 1.807) is 0 Å². The van der Waals surface area contributed by atoms with Gasteiger partial charge in [0.2, 0.25) is 5.43 Å². The number of halogens is 3. The van der Waals surface area contributed by atoms with Gasteiger partial charge in [-0.3, -0.25) is 9.59 Å². The van der Waals surface area contributed by atoms with E-state index in [0.29, 0.717) is 17.7 Å². The predicted octanol–water partition coefficient (Wildman–Crippen LogP) is 4.98. The van der Waals surface area contributed by atoms with E-state index in [4.69, 9.17) is 4.42 Å². The van der Waals surface area contributed by atoms with Crippen molar-refractivity contribution in [2.75, 3.05) is 7.11 Å². The van der Waals surface area contributed by atoms with E-state index < -0.39 is 46.9 Å². The molecular weight excluding hydrogens is 453 g/mol. The number of fused-ring (bicyclic) bond motifs is 1. The van der Waals surface area contributed by atoms with Crippen LogP contribution in [-0.2, 0) is 9.53 Å². The number of hydrogen-bond donors (Lipinski definition) is 2. The molecule has 0 aliphatic heterocycles. The summed E-state index contributed by atoms with van der Waals surface area (Å²) in [6, 6.07) is 9.72. The number of ether oxygens (including phenoxy) is 1. The minimum atomic E-state index is -1.69. The number of methoxy groups -OCH3 is 1. The van der Waals surface area contributed by atoms with E-state index in [1.165, 1.54) is 36.4 Å². The van der Waals surface area contributed by atoms with Crippen molar-refractivity contribution in [2.45, 2.75) is 12.3 Å². The van der Waals surface area contributed by atoms with Gasteiger partial charge in [-0.2, -0.15) is 0 Å². The van der Waals surface area contributed by atoms with Gasteiger partial charge in [0.05, 0.1) is 24.5 Å². The Bertz CT molecular complexity index is 1440. The van der Waals surface area contributed by atoms with Gasteiger partial charge in [-0.15, -0.1) is 0 Å². The van der Waals surface area contributed by atoms with Gasteiger partial charge in [-0.05, 0) is 47.5 Å². The Morgan fingerprint density at radius 3 is 2.29 bits per heavy atom. The Kier molecular flexibility index (Phi) is 6.02. The number of carbonyl (C=O) groups is 1. The summed E-state index contributed by atoms with van der Waals surface area (Å²) in [7, 11) is 1.11. The van der Waals surface area contributed by atoms with Crippen LogP contribution in [-0.4, -0.2) is 23.3 Å². The van der Waals surface area contributed by atoms with E-state index in [-0.39, 0.29) is 33.4 Å². The molecule has 9 heteroatoms. The zero-order valence-electron chi connectivity index (χ0n) is 17.6. The maximum atomic E-state index is 14.0. The number of rotatable bonds is 5. The molecule has 4 aromatic rings. The van der Waals surface area contributed by atoms with Gasteiger partial charge < -0.3 is 19.4 Å². The van der Waals surface area contributed by atoms with E-state index in [0.717, 1.165) is 13.4 Å². The van der Waals surface area contributed by atoms with Gasteiger partial charge in [0.1, 0.15) is 23.3 Å². The molecular formula is C25H17F3O6. The van der Waals surface area contributed by atoms with Crippen molar-refractivity contribution >= 4 is 16.9 Å². The van der Waals surface area contributed by atoms with Crippen molar-refractivity contribution in [3.8, 4) is 22.6 Å². The van der Waals surface area contributed by atoms with Gasteiger partial charge in [0.25, 0.3) is 0 Å². The molecule has 0 aliphatic rings. The first kappa shape index (κ1) is 22.9. The number of phenolic OH excluding ortho intramolecular Hbond substituents is 2. The van der Waals surface area contributed by atoms with Crippen LogP contribution in [0.2, 0.25) is 0 Å². The molecule has 1 heterocycles. The summed E-state index contributed by atoms with van der Waals surface area (Å²) >= 11 is 0. The van der Waals surface area contributed by atoms with Gasteiger partial charge in [0, 0.05) is 11.5 Å². The summed E-state index contributed by atoms with van der Waals surface area (Å²) in [5, 5.41) is 20.1. The highest BCUT2D eigenvalue weighted by molar-refractivity contribution is 5.87. The molecule has 4 rings (SSSR count). The first-order valence-electron chi connectivity index (χ1n) is 9.99. The first-order valence-corrected chi connectivity index (χ1v) is 9.99. The third-order valence-corrected chi connectivity index (χ3v) is 5.49. The molecule has 0 aliphatic carbocycles. The highest BCUT2D eigenvalue weighted by Gasteiger charge is 2.28. The molecule has 0 spiro atoms. The van der Waals surface area contributed by atoms with E-state index in [9.17, 15) is 33.0 Å². The van der Waals surface area contributed by atoms with Crippen LogP contribution < -0.4 is 5.43 Å². The molecule has 174 valence electrons. The van der Waals surface area contributed by atoms with Crippen LogP contribution >= 0.6 is 0 Å². The Morgan fingerprint density at radius 2 is 1.68 bits per heavy atom. The summed E-state index contributed by atoms with van der Waals surface area (Å²) in [5.41, 5.74) is -0.255. The van der Waals surface area contributed by atoms with Gasteiger partial charge in [0.15, 0.2) is 17.5 Å². The number of esters is 1. The lowest BCUT2D eigenvalue weighted by molar-refractivity contribution is -0.140. The second-order valence-electron chi connectivity index (χ2n) is 7.53. The van der Waals surface area contributed by atoms with Crippen LogP contribution in [0, 0.1) is 17.5 Å². The SMILES string of the molecule is COC(=O)C[C@@H](c1cc(F)c(F)c(F)c1)c1c(O)ccc2c(=O)c(-c3ccc(O)cc3)coc12. The molecule has 0 radical (unpaired) electrons. The fourth-order valence-corrected chi connectivity index (χ4v) is 3.80. The Balaban J connectivity index is 1.96. The molecule has 3 aromatic carbocycles. The van der Waals surface area contributed by atoms with Gasteiger partial charge in [-0.25, -0.2) is 13.2 Å². The molecule has 0 fully saturated rings. The zero-order valence-corrected chi connectivity index (χ0v) is 17.6. The quantitative estimate of drug-likeness (QED) is 0.315. The van der Waals surface area contributed by atoms with Crippen LogP contribution in [0.1, 0.15) is 23.5 Å². The summed E-state index contributed by atoms with van der Waals surface area (Å²) in [6.45, 7) is 0. The standard InChI is InChI=1S/C25H17F3O6/c1-33-21(31)10-16(13-8-18(26)23(28)19(27)9-13)22-20(30)7-6-15-24(32)17(11-34-25(15)22)12-2-4-14(29)5-3-12/h2-9,11,16,29-30H,10H2,1H3/t16-/m0/s1. The molecule has 0 bridgehead atoms. The molecule has 34 heavy (non-hydrogen) atoms. The number of hydrogen-bond acceptors (Lipinski definition) is 6. The third kappa shape index (κ3) is 4.07. The third-order valence-electron chi connectivity index (χ3n) is 5.49. The fourth-order valence-electron chi connectivity index (χ4n) is 3.80. The molecule has 0 unspecified atom stereocenters. The Morgan fingerprint density at radius 1 is 1.03 bits per heavy atom. The average Bonchev–Trinajstić information content (AvgIpc) is 2.82. The Labute approximate surface area is 190 Å². The van der Waals surface area contributed by atoms with Crippen LogP contribution in [0.4, 0.5) is 13.2 Å². The summed E-state index contributed by atoms with van der Waals surface area (Å²) < 4.78 is 51.9. The van der Waals surface area contributed by atoms with Crippen LogP contribution in [0.15, 0.2) is 64.0 Å². The smallest absolute Gasteiger partial charge is 0.306 e.